The Hall–Kier alpha value is -0.660. The Balaban J connectivity index is 2.23. The van der Waals surface area contributed by atoms with E-state index in [4.69, 9.17) is 5.14 Å². The van der Waals surface area contributed by atoms with E-state index in [0.717, 1.165) is 29.0 Å². The summed E-state index contributed by atoms with van der Waals surface area (Å²) in [7, 11) is -3.47. The standard InChI is InChI=1S/C11H16BrN3O2S/c1-8-5-9(12)6-11(14-8)15-4-2-3-10(7-15)18(13,16)17/h5-6,10H,2-4,7H2,1H3,(H2,13,16,17). The number of primary sulfonamides is 1. The van der Waals surface area contributed by atoms with Gasteiger partial charge in [0, 0.05) is 23.3 Å². The van der Waals surface area contributed by atoms with Crippen molar-refractivity contribution in [3.63, 3.8) is 0 Å². The van der Waals surface area contributed by atoms with Gasteiger partial charge in [-0.25, -0.2) is 18.5 Å². The van der Waals surface area contributed by atoms with Crippen LogP contribution < -0.4 is 10.0 Å². The summed E-state index contributed by atoms with van der Waals surface area (Å²) >= 11 is 3.42. The van der Waals surface area contributed by atoms with Gasteiger partial charge in [0.05, 0.1) is 5.25 Å². The number of hydrogen-bond donors (Lipinski definition) is 1. The molecule has 100 valence electrons. The van der Waals surface area contributed by atoms with Crippen molar-refractivity contribution in [2.75, 3.05) is 18.0 Å². The lowest BCUT2D eigenvalue weighted by molar-refractivity contribution is 0.530. The summed E-state index contributed by atoms with van der Waals surface area (Å²) in [5.74, 6) is 0.801. The zero-order valence-electron chi connectivity index (χ0n) is 10.1. The summed E-state index contributed by atoms with van der Waals surface area (Å²) in [5.41, 5.74) is 0.900. The molecule has 0 bridgehead atoms. The number of hydrogen-bond acceptors (Lipinski definition) is 4. The van der Waals surface area contributed by atoms with Crippen molar-refractivity contribution in [3.05, 3.63) is 22.3 Å². The lowest BCUT2D eigenvalue weighted by atomic mass is 10.1. The minimum atomic E-state index is -3.47. The first-order valence-electron chi connectivity index (χ1n) is 5.77. The molecule has 1 saturated heterocycles. The molecule has 7 heteroatoms. The molecule has 18 heavy (non-hydrogen) atoms. The number of anilines is 1. The normalized spacial score (nSPS) is 21.1. The van der Waals surface area contributed by atoms with Crippen LogP contribution >= 0.6 is 15.9 Å². The molecule has 1 aliphatic rings. The van der Waals surface area contributed by atoms with Crippen LogP contribution in [0.25, 0.3) is 0 Å². The molecule has 1 unspecified atom stereocenters. The number of halogens is 1. The minimum Gasteiger partial charge on any atom is -0.355 e. The maximum Gasteiger partial charge on any atom is 0.213 e. The zero-order chi connectivity index (χ0) is 13.3. The first-order chi connectivity index (χ1) is 8.36. The number of piperidine rings is 1. The van der Waals surface area contributed by atoms with Gasteiger partial charge >= 0.3 is 0 Å². The fraction of sp³-hybridized carbons (Fsp3) is 0.545. The van der Waals surface area contributed by atoms with Crippen molar-refractivity contribution in [2.24, 2.45) is 5.14 Å². The van der Waals surface area contributed by atoms with Crippen molar-refractivity contribution in [3.8, 4) is 0 Å². The molecule has 0 saturated carbocycles. The predicted octanol–water partition coefficient (Wildman–Crippen LogP) is 1.41. The summed E-state index contributed by atoms with van der Waals surface area (Å²) in [5, 5.41) is 4.73. The average molecular weight is 334 g/mol. The van der Waals surface area contributed by atoms with Crippen LogP contribution in [0.5, 0.6) is 0 Å². The number of rotatable bonds is 2. The maximum absolute atomic E-state index is 11.4. The second kappa shape index (κ2) is 5.14. The molecular weight excluding hydrogens is 318 g/mol. The number of nitrogens with zero attached hydrogens (tertiary/aromatic N) is 2. The van der Waals surface area contributed by atoms with Gasteiger partial charge in [-0.05, 0) is 31.9 Å². The van der Waals surface area contributed by atoms with Gasteiger partial charge in [0.2, 0.25) is 10.0 Å². The van der Waals surface area contributed by atoms with E-state index in [1.54, 1.807) is 0 Å². The van der Waals surface area contributed by atoms with Crippen LogP contribution in [0, 0.1) is 6.92 Å². The second-order valence-electron chi connectivity index (χ2n) is 4.58. The molecule has 0 aliphatic carbocycles. The van der Waals surface area contributed by atoms with Gasteiger partial charge in [0.25, 0.3) is 0 Å². The Kier molecular flexibility index (Phi) is 3.93. The van der Waals surface area contributed by atoms with E-state index >= 15 is 0 Å². The third-order valence-electron chi connectivity index (χ3n) is 3.07. The van der Waals surface area contributed by atoms with E-state index in [1.165, 1.54) is 0 Å². The van der Waals surface area contributed by atoms with Crippen LogP contribution in [-0.2, 0) is 10.0 Å². The summed E-state index contributed by atoms with van der Waals surface area (Å²) in [6.07, 6.45) is 1.44. The third-order valence-corrected chi connectivity index (χ3v) is 4.84. The fourth-order valence-electron chi connectivity index (χ4n) is 2.19. The fourth-order valence-corrected chi connectivity index (χ4v) is 3.61. The molecule has 2 N–H and O–H groups in total. The second-order valence-corrected chi connectivity index (χ2v) is 7.34. The smallest absolute Gasteiger partial charge is 0.213 e. The van der Waals surface area contributed by atoms with Gasteiger partial charge in [-0.2, -0.15) is 0 Å². The summed E-state index contributed by atoms with van der Waals surface area (Å²) < 4.78 is 23.8. The van der Waals surface area contributed by atoms with Crippen LogP contribution in [-0.4, -0.2) is 31.7 Å². The number of pyridine rings is 1. The SMILES string of the molecule is Cc1cc(Br)cc(N2CCCC(S(N)(=O)=O)C2)n1. The van der Waals surface area contributed by atoms with Gasteiger partial charge in [-0.3, -0.25) is 0 Å². The first kappa shape index (κ1) is 13.8. The molecular formula is C11H16BrN3O2S. The van der Waals surface area contributed by atoms with Crippen LogP contribution in [0.2, 0.25) is 0 Å². The van der Waals surface area contributed by atoms with Crippen molar-refractivity contribution < 1.29 is 8.42 Å². The Morgan fingerprint density at radius 3 is 2.83 bits per heavy atom. The average Bonchev–Trinajstić information content (AvgIpc) is 2.27. The highest BCUT2D eigenvalue weighted by atomic mass is 79.9. The van der Waals surface area contributed by atoms with Crippen LogP contribution in [0.4, 0.5) is 5.82 Å². The Morgan fingerprint density at radius 1 is 1.50 bits per heavy atom. The van der Waals surface area contributed by atoms with Crippen molar-refractivity contribution in [1.82, 2.24) is 4.98 Å². The lowest BCUT2D eigenvalue weighted by Crippen LogP contribution is -2.45. The molecule has 1 atom stereocenters. The highest BCUT2D eigenvalue weighted by Crippen LogP contribution is 2.24. The summed E-state index contributed by atoms with van der Waals surface area (Å²) in [6.45, 7) is 3.14. The minimum absolute atomic E-state index is 0.418. The maximum atomic E-state index is 11.4. The monoisotopic (exact) mass is 333 g/mol. The molecule has 0 amide bonds. The van der Waals surface area contributed by atoms with Crippen molar-refractivity contribution >= 4 is 31.8 Å². The highest BCUT2D eigenvalue weighted by molar-refractivity contribution is 9.10. The molecule has 2 heterocycles. The molecule has 0 radical (unpaired) electrons. The van der Waals surface area contributed by atoms with Gasteiger partial charge in [0.15, 0.2) is 0 Å². The number of sulfonamides is 1. The van der Waals surface area contributed by atoms with E-state index in [1.807, 2.05) is 24.0 Å². The molecule has 2 rings (SSSR count). The quantitative estimate of drug-likeness (QED) is 0.887. The molecule has 1 aromatic heterocycles. The van der Waals surface area contributed by atoms with Gasteiger partial charge in [-0.1, -0.05) is 15.9 Å². The van der Waals surface area contributed by atoms with Gasteiger partial charge in [0.1, 0.15) is 5.82 Å². The van der Waals surface area contributed by atoms with E-state index < -0.39 is 15.3 Å². The van der Waals surface area contributed by atoms with Gasteiger partial charge < -0.3 is 4.90 Å². The van der Waals surface area contributed by atoms with E-state index in [0.29, 0.717) is 13.0 Å². The van der Waals surface area contributed by atoms with Crippen LogP contribution in [0.15, 0.2) is 16.6 Å². The van der Waals surface area contributed by atoms with Crippen LogP contribution in [0.1, 0.15) is 18.5 Å². The third kappa shape index (κ3) is 3.21. The van der Waals surface area contributed by atoms with E-state index in [9.17, 15) is 8.42 Å². The lowest BCUT2D eigenvalue weighted by Gasteiger charge is -2.32. The van der Waals surface area contributed by atoms with Crippen LogP contribution in [0.3, 0.4) is 0 Å². The van der Waals surface area contributed by atoms with E-state index in [2.05, 4.69) is 20.9 Å². The molecule has 0 aromatic carbocycles. The molecule has 1 aliphatic heterocycles. The topological polar surface area (TPSA) is 76.3 Å². The number of nitrogens with two attached hydrogens (primary N) is 1. The van der Waals surface area contributed by atoms with Crippen molar-refractivity contribution in [1.29, 1.82) is 0 Å². The first-order valence-corrected chi connectivity index (χ1v) is 8.17. The molecule has 1 aromatic rings. The van der Waals surface area contributed by atoms with Gasteiger partial charge in [-0.15, -0.1) is 0 Å². The number of aromatic nitrogens is 1. The largest absolute Gasteiger partial charge is 0.355 e. The highest BCUT2D eigenvalue weighted by Gasteiger charge is 2.28. The predicted molar refractivity (Wildman–Crippen MR) is 75.0 cm³/mol. The molecule has 5 nitrogen and oxygen atoms in total. The zero-order valence-corrected chi connectivity index (χ0v) is 12.5. The summed E-state index contributed by atoms with van der Waals surface area (Å²) in [4.78, 5) is 6.42. The Morgan fingerprint density at radius 2 is 2.22 bits per heavy atom. The number of aryl methyl sites for hydroxylation is 1. The molecule has 1 fully saturated rings. The van der Waals surface area contributed by atoms with E-state index in [-0.39, 0.29) is 0 Å². The molecule has 0 spiro atoms. The Bertz CT molecular complexity index is 527. The summed E-state index contributed by atoms with van der Waals surface area (Å²) in [6, 6.07) is 3.82. The van der Waals surface area contributed by atoms with Crippen molar-refractivity contribution in [2.45, 2.75) is 25.0 Å². The Labute approximate surface area is 116 Å².